The second-order valence-corrected chi connectivity index (χ2v) is 6.93. The zero-order chi connectivity index (χ0) is 16.7. The molecular weight excluding hydrogens is 310 g/mol. The maximum absolute atomic E-state index is 11.8. The van der Waals surface area contributed by atoms with Gasteiger partial charge < -0.3 is 9.80 Å². The molecule has 1 aromatic carbocycles. The number of carbonyl (C=O) groups excluding carboxylic acids is 1. The van der Waals surface area contributed by atoms with Crippen molar-refractivity contribution in [3.8, 4) is 0 Å². The number of halogens is 1. The minimum Gasteiger partial charge on any atom is -0.348 e. The van der Waals surface area contributed by atoms with E-state index >= 15 is 0 Å². The molecule has 1 aliphatic heterocycles. The first-order valence-corrected chi connectivity index (χ1v) is 8.81. The number of likely N-dealkylation sites (N-methyl/N-ethyl adjacent to an activating group) is 1. The van der Waals surface area contributed by atoms with Crippen molar-refractivity contribution in [1.82, 2.24) is 14.7 Å². The highest BCUT2D eigenvalue weighted by atomic mass is 35.5. The van der Waals surface area contributed by atoms with E-state index in [1.807, 2.05) is 26.2 Å². The van der Waals surface area contributed by atoms with Crippen LogP contribution < -0.4 is 0 Å². The molecule has 23 heavy (non-hydrogen) atoms. The van der Waals surface area contributed by atoms with Gasteiger partial charge in [-0.2, -0.15) is 0 Å². The average molecular weight is 338 g/mol. The minimum absolute atomic E-state index is 0.196. The van der Waals surface area contributed by atoms with E-state index in [9.17, 15) is 4.79 Å². The Kier molecular flexibility index (Phi) is 7.34. The molecule has 0 atom stereocenters. The van der Waals surface area contributed by atoms with Gasteiger partial charge in [0, 0.05) is 32.2 Å². The highest BCUT2D eigenvalue weighted by Crippen LogP contribution is 2.12. The first-order chi connectivity index (χ1) is 11.0. The van der Waals surface area contributed by atoms with Crippen LogP contribution in [0.2, 0.25) is 5.02 Å². The molecule has 0 unspecified atom stereocenters. The molecule has 0 aliphatic carbocycles. The van der Waals surface area contributed by atoms with Gasteiger partial charge in [0.2, 0.25) is 5.91 Å². The van der Waals surface area contributed by atoms with E-state index in [1.54, 1.807) is 4.90 Å². The minimum atomic E-state index is 0.196. The number of rotatable bonds is 6. The van der Waals surface area contributed by atoms with E-state index in [4.69, 9.17) is 11.6 Å². The highest BCUT2D eigenvalue weighted by Gasteiger charge is 2.17. The third kappa shape index (κ3) is 6.50. The molecule has 0 spiro atoms. The van der Waals surface area contributed by atoms with E-state index in [2.05, 4.69) is 21.9 Å². The Bertz CT molecular complexity index is 490. The summed E-state index contributed by atoms with van der Waals surface area (Å²) in [5.74, 6) is 0.196. The van der Waals surface area contributed by atoms with Gasteiger partial charge in [-0.1, -0.05) is 23.7 Å². The Labute approximate surface area is 145 Å². The Balaban J connectivity index is 1.69. The molecule has 2 rings (SSSR count). The number of benzene rings is 1. The summed E-state index contributed by atoms with van der Waals surface area (Å²) in [6.45, 7) is 5.87. The summed E-state index contributed by atoms with van der Waals surface area (Å²) in [5, 5.41) is 0.800. The SMILES string of the molecule is CN(C)C(=O)CN1CCCN(CCCc2ccc(Cl)cc2)CC1. The quantitative estimate of drug-likeness (QED) is 0.797. The number of carbonyl (C=O) groups is 1. The zero-order valence-electron chi connectivity index (χ0n) is 14.3. The largest absolute Gasteiger partial charge is 0.348 e. The molecule has 1 heterocycles. The molecule has 128 valence electrons. The Morgan fingerprint density at radius 1 is 1.09 bits per heavy atom. The Morgan fingerprint density at radius 2 is 1.74 bits per heavy atom. The highest BCUT2D eigenvalue weighted by molar-refractivity contribution is 6.30. The molecule has 0 bridgehead atoms. The lowest BCUT2D eigenvalue weighted by atomic mass is 10.1. The molecule has 1 aliphatic rings. The summed E-state index contributed by atoms with van der Waals surface area (Å²) in [4.78, 5) is 18.3. The molecule has 1 fully saturated rings. The normalized spacial score (nSPS) is 17.0. The van der Waals surface area contributed by atoms with Crippen LogP contribution in [0.25, 0.3) is 0 Å². The predicted octanol–water partition coefficient (Wildman–Crippen LogP) is 2.37. The van der Waals surface area contributed by atoms with E-state index < -0.39 is 0 Å². The predicted molar refractivity (Wildman–Crippen MR) is 96.0 cm³/mol. The van der Waals surface area contributed by atoms with Gasteiger partial charge in [0.05, 0.1) is 6.54 Å². The van der Waals surface area contributed by atoms with Gasteiger partial charge in [0.25, 0.3) is 0 Å². The number of hydrogen-bond acceptors (Lipinski definition) is 3. The first-order valence-electron chi connectivity index (χ1n) is 8.44. The monoisotopic (exact) mass is 337 g/mol. The molecule has 0 radical (unpaired) electrons. The van der Waals surface area contributed by atoms with Crippen molar-refractivity contribution >= 4 is 17.5 Å². The molecule has 0 saturated carbocycles. The average Bonchev–Trinajstić information content (AvgIpc) is 2.75. The molecule has 1 aromatic rings. The maximum Gasteiger partial charge on any atom is 0.236 e. The van der Waals surface area contributed by atoms with E-state index in [0.29, 0.717) is 6.54 Å². The van der Waals surface area contributed by atoms with Gasteiger partial charge in [0.15, 0.2) is 0 Å². The van der Waals surface area contributed by atoms with Crippen molar-refractivity contribution in [3.63, 3.8) is 0 Å². The van der Waals surface area contributed by atoms with Gasteiger partial charge in [-0.3, -0.25) is 9.69 Å². The third-order valence-corrected chi connectivity index (χ3v) is 4.64. The second-order valence-electron chi connectivity index (χ2n) is 6.49. The van der Waals surface area contributed by atoms with Gasteiger partial charge in [-0.05, 0) is 56.6 Å². The standard InChI is InChI=1S/C18H28ClN3O/c1-20(2)18(23)15-22-12-4-11-21(13-14-22)10-3-5-16-6-8-17(19)9-7-16/h6-9H,3-5,10-15H2,1-2H3. The van der Waals surface area contributed by atoms with Gasteiger partial charge in [-0.25, -0.2) is 0 Å². The fourth-order valence-corrected chi connectivity index (χ4v) is 3.02. The molecule has 0 N–H and O–H groups in total. The number of hydrogen-bond donors (Lipinski definition) is 0. The maximum atomic E-state index is 11.8. The van der Waals surface area contributed by atoms with Crippen molar-refractivity contribution < 1.29 is 4.79 Å². The summed E-state index contributed by atoms with van der Waals surface area (Å²) in [7, 11) is 3.65. The molecule has 4 nitrogen and oxygen atoms in total. The fraction of sp³-hybridized carbons (Fsp3) is 0.611. The zero-order valence-corrected chi connectivity index (χ0v) is 15.1. The summed E-state index contributed by atoms with van der Waals surface area (Å²) in [6, 6.07) is 8.14. The van der Waals surface area contributed by atoms with Crippen molar-refractivity contribution in [2.24, 2.45) is 0 Å². The van der Waals surface area contributed by atoms with Crippen LogP contribution in [0.1, 0.15) is 18.4 Å². The smallest absolute Gasteiger partial charge is 0.236 e. The third-order valence-electron chi connectivity index (χ3n) is 4.39. The van der Waals surface area contributed by atoms with Crippen LogP contribution in [0, 0.1) is 0 Å². The second kappa shape index (κ2) is 9.26. The van der Waals surface area contributed by atoms with Gasteiger partial charge in [-0.15, -0.1) is 0 Å². The summed E-state index contributed by atoms with van der Waals surface area (Å²) in [5.41, 5.74) is 1.35. The van der Waals surface area contributed by atoms with Crippen LogP contribution in [0.5, 0.6) is 0 Å². The number of nitrogens with zero attached hydrogens (tertiary/aromatic N) is 3. The Hall–Kier alpha value is -1.10. The summed E-state index contributed by atoms with van der Waals surface area (Å²) in [6.07, 6.45) is 3.40. The van der Waals surface area contributed by atoms with E-state index in [1.165, 1.54) is 5.56 Å². The first kappa shape index (κ1) is 18.2. The molecule has 5 heteroatoms. The van der Waals surface area contributed by atoms with Gasteiger partial charge in [0.1, 0.15) is 0 Å². The molecule has 0 aromatic heterocycles. The number of aryl methyl sites for hydroxylation is 1. The van der Waals surface area contributed by atoms with Crippen LogP contribution >= 0.6 is 11.6 Å². The lowest BCUT2D eigenvalue weighted by Crippen LogP contribution is -2.38. The fourth-order valence-electron chi connectivity index (χ4n) is 2.90. The van der Waals surface area contributed by atoms with Crippen molar-refractivity contribution in [2.75, 3.05) is 53.4 Å². The Morgan fingerprint density at radius 3 is 2.43 bits per heavy atom. The van der Waals surface area contributed by atoms with Gasteiger partial charge >= 0.3 is 0 Å². The summed E-state index contributed by atoms with van der Waals surface area (Å²) >= 11 is 5.91. The van der Waals surface area contributed by atoms with Crippen molar-refractivity contribution in [3.05, 3.63) is 34.9 Å². The summed E-state index contributed by atoms with van der Waals surface area (Å²) < 4.78 is 0. The molecule has 1 amide bonds. The molecular formula is C18H28ClN3O. The van der Waals surface area contributed by atoms with Crippen LogP contribution in [-0.2, 0) is 11.2 Å². The van der Waals surface area contributed by atoms with Crippen LogP contribution in [0.15, 0.2) is 24.3 Å². The van der Waals surface area contributed by atoms with Crippen LogP contribution in [-0.4, -0.2) is 74.0 Å². The topological polar surface area (TPSA) is 26.8 Å². The van der Waals surface area contributed by atoms with E-state index in [-0.39, 0.29) is 5.91 Å². The van der Waals surface area contributed by atoms with Crippen LogP contribution in [0.3, 0.4) is 0 Å². The molecule has 1 saturated heterocycles. The lowest BCUT2D eigenvalue weighted by molar-refractivity contribution is -0.129. The van der Waals surface area contributed by atoms with Crippen molar-refractivity contribution in [2.45, 2.75) is 19.3 Å². The lowest BCUT2D eigenvalue weighted by Gasteiger charge is -2.22. The van der Waals surface area contributed by atoms with E-state index in [0.717, 1.165) is 57.0 Å². The number of amides is 1. The van der Waals surface area contributed by atoms with Crippen molar-refractivity contribution in [1.29, 1.82) is 0 Å². The van der Waals surface area contributed by atoms with Crippen LogP contribution in [0.4, 0.5) is 0 Å².